The molecule has 0 aromatic carbocycles. The Morgan fingerprint density at radius 3 is 2.77 bits per heavy atom. The number of aromatic nitrogens is 4. The Balaban J connectivity index is 1.51. The molecule has 4 rings (SSSR count). The molecule has 0 aliphatic carbocycles. The van der Waals surface area contributed by atoms with Gasteiger partial charge in [-0.1, -0.05) is 20.3 Å². The van der Waals surface area contributed by atoms with Crippen LogP contribution in [0.3, 0.4) is 0 Å². The molecule has 1 aliphatic rings. The van der Waals surface area contributed by atoms with E-state index in [1.54, 1.807) is 0 Å². The zero-order valence-electron chi connectivity index (χ0n) is 15.9. The second-order valence-electron chi connectivity index (χ2n) is 7.93. The van der Waals surface area contributed by atoms with E-state index in [0.29, 0.717) is 5.92 Å². The molecule has 0 saturated carbocycles. The number of rotatable bonds is 6. The van der Waals surface area contributed by atoms with Crippen LogP contribution < -0.4 is 0 Å². The first kappa shape index (κ1) is 17.3. The van der Waals surface area contributed by atoms with E-state index in [-0.39, 0.29) is 0 Å². The summed E-state index contributed by atoms with van der Waals surface area (Å²) < 4.78 is 2.08. The van der Waals surface area contributed by atoms with Crippen molar-refractivity contribution >= 4 is 11.0 Å². The molecule has 0 atom stereocenters. The van der Waals surface area contributed by atoms with Gasteiger partial charge in [0.1, 0.15) is 5.65 Å². The zero-order chi connectivity index (χ0) is 17.9. The van der Waals surface area contributed by atoms with Crippen LogP contribution in [0.2, 0.25) is 0 Å². The fraction of sp³-hybridized carbons (Fsp3) is 0.524. The molecule has 5 heteroatoms. The minimum absolute atomic E-state index is 0.633. The Kier molecular flexibility index (Phi) is 5.07. The van der Waals surface area contributed by atoms with Gasteiger partial charge >= 0.3 is 0 Å². The van der Waals surface area contributed by atoms with Gasteiger partial charge < -0.3 is 9.88 Å². The molecule has 0 bridgehead atoms. The summed E-state index contributed by atoms with van der Waals surface area (Å²) in [6.07, 6.45) is 13.3. The van der Waals surface area contributed by atoms with Crippen LogP contribution in [0.4, 0.5) is 0 Å². The second-order valence-corrected chi connectivity index (χ2v) is 7.93. The standard InChI is InChI=1S/C21H29N5/c1-16(2)10-17-11-19-20(14-23-21(19)22-12-17)18-13-24-26(15-18)9-8-25-6-4-3-5-7-25/h11-16H,3-10H2,1-2H3,(H,22,23). The topological polar surface area (TPSA) is 49.7 Å². The molecule has 1 fully saturated rings. The lowest BCUT2D eigenvalue weighted by atomic mass is 10.0. The Labute approximate surface area is 155 Å². The van der Waals surface area contributed by atoms with Gasteiger partial charge in [0.2, 0.25) is 0 Å². The average molecular weight is 351 g/mol. The van der Waals surface area contributed by atoms with E-state index in [4.69, 9.17) is 0 Å². The summed E-state index contributed by atoms with van der Waals surface area (Å²) in [7, 11) is 0. The van der Waals surface area contributed by atoms with Crippen molar-refractivity contribution in [2.75, 3.05) is 19.6 Å². The van der Waals surface area contributed by atoms with Crippen LogP contribution in [-0.4, -0.2) is 44.3 Å². The minimum atomic E-state index is 0.633. The highest BCUT2D eigenvalue weighted by Crippen LogP contribution is 2.28. The van der Waals surface area contributed by atoms with Gasteiger partial charge in [0, 0.05) is 41.6 Å². The number of hydrogen-bond donors (Lipinski definition) is 1. The van der Waals surface area contributed by atoms with Crippen LogP contribution in [0.5, 0.6) is 0 Å². The zero-order valence-corrected chi connectivity index (χ0v) is 15.9. The molecular formula is C21H29N5. The van der Waals surface area contributed by atoms with E-state index < -0.39 is 0 Å². The molecule has 1 N–H and O–H groups in total. The van der Waals surface area contributed by atoms with Crippen LogP contribution in [0.1, 0.15) is 38.7 Å². The molecule has 4 heterocycles. The minimum Gasteiger partial charge on any atom is -0.346 e. The van der Waals surface area contributed by atoms with Gasteiger partial charge in [-0.2, -0.15) is 5.10 Å². The molecule has 138 valence electrons. The summed E-state index contributed by atoms with van der Waals surface area (Å²) in [6, 6.07) is 2.28. The van der Waals surface area contributed by atoms with E-state index in [0.717, 1.165) is 25.2 Å². The van der Waals surface area contributed by atoms with E-state index in [1.165, 1.54) is 54.4 Å². The highest BCUT2D eigenvalue weighted by molar-refractivity contribution is 5.93. The predicted molar refractivity (Wildman–Crippen MR) is 106 cm³/mol. The molecule has 5 nitrogen and oxygen atoms in total. The van der Waals surface area contributed by atoms with E-state index >= 15 is 0 Å². The van der Waals surface area contributed by atoms with Crippen molar-refractivity contribution in [1.29, 1.82) is 0 Å². The van der Waals surface area contributed by atoms with Crippen molar-refractivity contribution in [3.63, 3.8) is 0 Å². The Hall–Kier alpha value is -2.14. The van der Waals surface area contributed by atoms with E-state index in [2.05, 4.69) is 57.0 Å². The molecule has 3 aromatic rings. The van der Waals surface area contributed by atoms with Gasteiger partial charge in [-0.15, -0.1) is 0 Å². The number of fused-ring (bicyclic) bond motifs is 1. The Bertz CT molecular complexity index is 854. The molecule has 0 unspecified atom stereocenters. The Morgan fingerprint density at radius 2 is 1.96 bits per heavy atom. The number of nitrogens with zero attached hydrogens (tertiary/aromatic N) is 4. The summed E-state index contributed by atoms with van der Waals surface area (Å²) >= 11 is 0. The van der Waals surface area contributed by atoms with Crippen LogP contribution in [0.25, 0.3) is 22.2 Å². The molecule has 0 radical (unpaired) electrons. The van der Waals surface area contributed by atoms with Crippen molar-refractivity contribution in [2.24, 2.45) is 5.92 Å². The quantitative estimate of drug-likeness (QED) is 0.727. The molecular weight excluding hydrogens is 322 g/mol. The van der Waals surface area contributed by atoms with Gasteiger partial charge in [-0.25, -0.2) is 4.98 Å². The van der Waals surface area contributed by atoms with Crippen molar-refractivity contribution in [2.45, 2.75) is 46.1 Å². The number of pyridine rings is 1. The summed E-state index contributed by atoms with van der Waals surface area (Å²) in [6.45, 7) is 9.01. The van der Waals surface area contributed by atoms with Crippen molar-refractivity contribution in [1.82, 2.24) is 24.6 Å². The third-order valence-electron chi connectivity index (χ3n) is 5.27. The SMILES string of the molecule is CC(C)Cc1cnc2[nH]cc(-c3cnn(CCN4CCCCC4)c3)c2c1. The third-order valence-corrected chi connectivity index (χ3v) is 5.27. The molecule has 0 spiro atoms. The largest absolute Gasteiger partial charge is 0.346 e. The molecule has 0 amide bonds. The smallest absolute Gasteiger partial charge is 0.137 e. The predicted octanol–water partition coefficient (Wildman–Crippen LogP) is 4.11. The highest BCUT2D eigenvalue weighted by Gasteiger charge is 2.12. The average Bonchev–Trinajstić information content (AvgIpc) is 3.26. The van der Waals surface area contributed by atoms with Crippen LogP contribution >= 0.6 is 0 Å². The highest BCUT2D eigenvalue weighted by atomic mass is 15.3. The number of hydrogen-bond acceptors (Lipinski definition) is 3. The van der Waals surface area contributed by atoms with Gasteiger partial charge in [0.15, 0.2) is 0 Å². The van der Waals surface area contributed by atoms with Crippen LogP contribution in [0.15, 0.2) is 30.9 Å². The lowest BCUT2D eigenvalue weighted by Gasteiger charge is -2.26. The summed E-state index contributed by atoms with van der Waals surface area (Å²) in [4.78, 5) is 10.5. The fourth-order valence-electron chi connectivity index (χ4n) is 3.92. The summed E-state index contributed by atoms with van der Waals surface area (Å²) in [5.41, 5.74) is 4.61. The lowest BCUT2D eigenvalue weighted by Crippen LogP contribution is -2.32. The van der Waals surface area contributed by atoms with Gasteiger partial charge in [0.05, 0.1) is 12.7 Å². The molecule has 1 aliphatic heterocycles. The van der Waals surface area contributed by atoms with Crippen LogP contribution in [0, 0.1) is 5.92 Å². The number of piperidine rings is 1. The number of nitrogens with one attached hydrogen (secondary N) is 1. The van der Waals surface area contributed by atoms with E-state index in [1.807, 2.05) is 12.4 Å². The van der Waals surface area contributed by atoms with Crippen LogP contribution in [-0.2, 0) is 13.0 Å². The maximum Gasteiger partial charge on any atom is 0.137 e. The fourth-order valence-corrected chi connectivity index (χ4v) is 3.92. The normalized spacial score (nSPS) is 16.0. The number of H-pyrrole nitrogens is 1. The lowest BCUT2D eigenvalue weighted by molar-refractivity contribution is 0.218. The first-order valence-corrected chi connectivity index (χ1v) is 9.90. The molecule has 26 heavy (non-hydrogen) atoms. The van der Waals surface area contributed by atoms with E-state index in [9.17, 15) is 0 Å². The van der Waals surface area contributed by atoms with Gasteiger partial charge in [0.25, 0.3) is 0 Å². The molecule has 3 aromatic heterocycles. The molecule has 1 saturated heterocycles. The third kappa shape index (κ3) is 3.83. The van der Waals surface area contributed by atoms with Gasteiger partial charge in [-0.05, 0) is 49.9 Å². The first-order chi connectivity index (χ1) is 12.7. The van der Waals surface area contributed by atoms with Crippen molar-refractivity contribution in [3.05, 3.63) is 36.4 Å². The van der Waals surface area contributed by atoms with Gasteiger partial charge in [-0.3, -0.25) is 4.68 Å². The summed E-state index contributed by atoms with van der Waals surface area (Å²) in [5.74, 6) is 0.633. The number of aromatic amines is 1. The maximum absolute atomic E-state index is 4.60. The summed E-state index contributed by atoms with van der Waals surface area (Å²) in [5, 5.41) is 5.78. The van der Waals surface area contributed by atoms with Crippen molar-refractivity contribution < 1.29 is 0 Å². The van der Waals surface area contributed by atoms with Crippen molar-refractivity contribution in [3.8, 4) is 11.1 Å². The number of likely N-dealkylation sites (tertiary alicyclic amines) is 1. The Morgan fingerprint density at radius 1 is 1.12 bits per heavy atom. The first-order valence-electron chi connectivity index (χ1n) is 9.90. The monoisotopic (exact) mass is 351 g/mol. The second kappa shape index (κ2) is 7.62. The maximum atomic E-state index is 4.60.